The second-order valence-electron chi connectivity index (χ2n) is 4.77. The zero-order valence-electron chi connectivity index (χ0n) is 11.6. The number of hydrogen-bond acceptors (Lipinski definition) is 3. The molecule has 0 spiro atoms. The monoisotopic (exact) mass is 419 g/mol. The number of benzene rings is 2. The van der Waals surface area contributed by atoms with E-state index in [0.29, 0.717) is 21.3 Å². The second kappa shape index (κ2) is 6.18. The van der Waals surface area contributed by atoms with E-state index in [1.54, 1.807) is 24.3 Å². The van der Waals surface area contributed by atoms with Gasteiger partial charge in [-0.1, -0.05) is 34.1 Å². The number of aryl methyl sites for hydroxylation is 1. The van der Waals surface area contributed by atoms with Gasteiger partial charge in [-0.2, -0.15) is 0 Å². The highest BCUT2D eigenvalue weighted by Crippen LogP contribution is 2.38. The number of rotatable bonds is 2. The van der Waals surface area contributed by atoms with Crippen LogP contribution in [0, 0.1) is 6.92 Å². The average molecular weight is 421 g/mol. The van der Waals surface area contributed by atoms with E-state index in [1.807, 2.05) is 31.2 Å². The van der Waals surface area contributed by atoms with Crippen molar-refractivity contribution >= 4 is 48.7 Å². The van der Waals surface area contributed by atoms with Gasteiger partial charge >= 0.3 is 5.97 Å². The van der Waals surface area contributed by atoms with Gasteiger partial charge in [0.2, 0.25) is 0 Å². The van der Waals surface area contributed by atoms with Crippen molar-refractivity contribution in [3.05, 3.63) is 68.7 Å². The lowest BCUT2D eigenvalue weighted by Crippen LogP contribution is -2.09. The average Bonchev–Trinajstić information content (AvgIpc) is 2.51. The lowest BCUT2D eigenvalue weighted by molar-refractivity contribution is 0.0735. The van der Waals surface area contributed by atoms with Crippen molar-refractivity contribution in [3.8, 4) is 5.75 Å². The Labute approximate surface area is 144 Å². The molecular weight excluding hydrogens is 410 g/mol. The minimum atomic E-state index is -0.409. The molecule has 0 aliphatic rings. The van der Waals surface area contributed by atoms with E-state index in [9.17, 15) is 4.79 Å². The van der Waals surface area contributed by atoms with Gasteiger partial charge in [-0.25, -0.2) is 9.78 Å². The third-order valence-electron chi connectivity index (χ3n) is 3.18. The van der Waals surface area contributed by atoms with E-state index < -0.39 is 5.97 Å². The van der Waals surface area contributed by atoms with Crippen LogP contribution in [0.2, 0.25) is 0 Å². The van der Waals surface area contributed by atoms with Crippen LogP contribution in [-0.2, 0) is 0 Å². The van der Waals surface area contributed by atoms with Crippen LogP contribution in [-0.4, -0.2) is 11.0 Å². The number of carbonyl (C=O) groups excluding carboxylic acids is 1. The standard InChI is InChI=1S/C17H11Br2NO2/c1-10-7-8-12-13(18)9-14(19)16(15(12)20-10)22-17(21)11-5-3-2-4-6-11/h2-9H,1H3. The van der Waals surface area contributed by atoms with Gasteiger partial charge in [0.05, 0.1) is 10.0 Å². The summed E-state index contributed by atoms with van der Waals surface area (Å²) >= 11 is 6.95. The Morgan fingerprint density at radius 1 is 1.05 bits per heavy atom. The lowest BCUT2D eigenvalue weighted by Gasteiger charge is -2.11. The fourth-order valence-electron chi connectivity index (χ4n) is 2.11. The van der Waals surface area contributed by atoms with Crippen molar-refractivity contribution < 1.29 is 9.53 Å². The van der Waals surface area contributed by atoms with Gasteiger partial charge in [0.1, 0.15) is 5.52 Å². The van der Waals surface area contributed by atoms with Gasteiger partial charge in [-0.3, -0.25) is 0 Å². The Morgan fingerprint density at radius 2 is 1.77 bits per heavy atom. The minimum absolute atomic E-state index is 0.409. The Hall–Kier alpha value is -1.72. The zero-order valence-corrected chi connectivity index (χ0v) is 14.8. The first-order valence-electron chi connectivity index (χ1n) is 6.59. The molecule has 0 radical (unpaired) electrons. The molecule has 1 heterocycles. The Bertz CT molecular complexity index is 863. The Balaban J connectivity index is 2.11. The number of halogens is 2. The topological polar surface area (TPSA) is 39.2 Å². The Morgan fingerprint density at radius 3 is 2.50 bits per heavy atom. The van der Waals surface area contributed by atoms with Crippen molar-refractivity contribution in [1.82, 2.24) is 4.98 Å². The first kappa shape index (κ1) is 15.2. The highest BCUT2D eigenvalue weighted by Gasteiger charge is 2.17. The third kappa shape index (κ3) is 2.91. The van der Waals surface area contributed by atoms with Crippen molar-refractivity contribution in [2.45, 2.75) is 6.92 Å². The molecule has 0 aliphatic carbocycles. The van der Waals surface area contributed by atoms with E-state index in [0.717, 1.165) is 15.6 Å². The van der Waals surface area contributed by atoms with Gasteiger partial charge in [0.15, 0.2) is 5.75 Å². The van der Waals surface area contributed by atoms with Crippen molar-refractivity contribution in [2.24, 2.45) is 0 Å². The van der Waals surface area contributed by atoms with Crippen LogP contribution < -0.4 is 4.74 Å². The molecule has 3 aromatic rings. The molecule has 1 aromatic heterocycles. The molecule has 0 fully saturated rings. The fraction of sp³-hybridized carbons (Fsp3) is 0.0588. The van der Waals surface area contributed by atoms with Crippen LogP contribution in [0.5, 0.6) is 5.75 Å². The van der Waals surface area contributed by atoms with Crippen LogP contribution in [0.15, 0.2) is 57.5 Å². The van der Waals surface area contributed by atoms with Gasteiger partial charge in [-0.05, 0) is 53.2 Å². The van der Waals surface area contributed by atoms with Crippen LogP contribution in [0.4, 0.5) is 0 Å². The number of ether oxygens (including phenoxy) is 1. The van der Waals surface area contributed by atoms with E-state index in [1.165, 1.54) is 0 Å². The molecule has 0 atom stereocenters. The quantitative estimate of drug-likeness (QED) is 0.417. The number of carbonyl (C=O) groups is 1. The third-order valence-corrected chi connectivity index (χ3v) is 4.43. The summed E-state index contributed by atoms with van der Waals surface area (Å²) in [6.07, 6.45) is 0. The lowest BCUT2D eigenvalue weighted by atomic mass is 10.2. The number of aromatic nitrogens is 1. The van der Waals surface area contributed by atoms with Gasteiger partial charge in [0.25, 0.3) is 0 Å². The summed E-state index contributed by atoms with van der Waals surface area (Å²) in [6, 6.07) is 14.6. The molecule has 2 aromatic carbocycles. The highest BCUT2D eigenvalue weighted by molar-refractivity contribution is 9.11. The molecule has 22 heavy (non-hydrogen) atoms. The summed E-state index contributed by atoms with van der Waals surface area (Å²) in [5.41, 5.74) is 2.00. The molecule has 0 saturated carbocycles. The summed E-state index contributed by atoms with van der Waals surface area (Å²) in [5, 5.41) is 0.893. The van der Waals surface area contributed by atoms with Crippen LogP contribution in [0.1, 0.15) is 16.1 Å². The largest absolute Gasteiger partial charge is 0.419 e. The first-order valence-corrected chi connectivity index (χ1v) is 8.17. The molecule has 0 saturated heterocycles. The maximum absolute atomic E-state index is 12.3. The van der Waals surface area contributed by atoms with Crippen LogP contribution in [0.25, 0.3) is 10.9 Å². The summed E-state index contributed by atoms with van der Waals surface area (Å²) in [4.78, 5) is 16.8. The van der Waals surface area contributed by atoms with Crippen molar-refractivity contribution in [2.75, 3.05) is 0 Å². The molecule has 3 rings (SSSR count). The van der Waals surface area contributed by atoms with Crippen molar-refractivity contribution in [1.29, 1.82) is 0 Å². The second-order valence-corrected chi connectivity index (χ2v) is 6.48. The maximum Gasteiger partial charge on any atom is 0.343 e. The summed E-state index contributed by atoms with van der Waals surface area (Å²) in [6.45, 7) is 1.90. The number of hydrogen-bond donors (Lipinski definition) is 0. The summed E-state index contributed by atoms with van der Waals surface area (Å²) < 4.78 is 7.15. The van der Waals surface area contributed by atoms with Crippen LogP contribution in [0.3, 0.4) is 0 Å². The van der Waals surface area contributed by atoms with E-state index >= 15 is 0 Å². The van der Waals surface area contributed by atoms with Crippen molar-refractivity contribution in [3.63, 3.8) is 0 Å². The minimum Gasteiger partial charge on any atom is -0.419 e. The van der Waals surface area contributed by atoms with E-state index in [-0.39, 0.29) is 0 Å². The highest BCUT2D eigenvalue weighted by atomic mass is 79.9. The number of nitrogens with zero attached hydrogens (tertiary/aromatic N) is 1. The molecule has 3 nitrogen and oxygen atoms in total. The van der Waals surface area contributed by atoms with E-state index in [4.69, 9.17) is 4.74 Å². The van der Waals surface area contributed by atoms with Crippen LogP contribution >= 0.6 is 31.9 Å². The molecule has 0 unspecified atom stereocenters. The van der Waals surface area contributed by atoms with Gasteiger partial charge < -0.3 is 4.74 Å². The molecule has 0 amide bonds. The van der Waals surface area contributed by atoms with Gasteiger partial charge in [0, 0.05) is 15.6 Å². The zero-order chi connectivity index (χ0) is 15.7. The predicted molar refractivity (Wildman–Crippen MR) is 93.3 cm³/mol. The number of fused-ring (bicyclic) bond motifs is 1. The molecule has 110 valence electrons. The normalized spacial score (nSPS) is 10.7. The van der Waals surface area contributed by atoms with E-state index in [2.05, 4.69) is 36.8 Å². The maximum atomic E-state index is 12.3. The SMILES string of the molecule is Cc1ccc2c(Br)cc(Br)c(OC(=O)c3ccccc3)c2n1. The molecule has 5 heteroatoms. The molecule has 0 aliphatic heterocycles. The number of esters is 1. The Kier molecular flexibility index (Phi) is 4.27. The first-order chi connectivity index (χ1) is 10.6. The summed E-state index contributed by atoms with van der Waals surface area (Å²) in [5.74, 6) is 0.0176. The smallest absolute Gasteiger partial charge is 0.343 e. The van der Waals surface area contributed by atoms with Gasteiger partial charge in [-0.15, -0.1) is 0 Å². The molecule has 0 N–H and O–H groups in total. The molecule has 0 bridgehead atoms. The number of pyridine rings is 1. The predicted octanol–water partition coefficient (Wildman–Crippen LogP) is 5.29. The summed E-state index contributed by atoms with van der Waals surface area (Å²) in [7, 11) is 0. The fourth-order valence-corrected chi connectivity index (χ4v) is 3.47. The molecular formula is C17H11Br2NO2.